The normalized spacial score (nSPS) is 20.0. The first-order valence-corrected chi connectivity index (χ1v) is 7.82. The summed E-state index contributed by atoms with van der Waals surface area (Å²) in [5.74, 6) is 2.17. The number of carbonyl (C=O) groups is 1. The van der Waals surface area contributed by atoms with Gasteiger partial charge in [0.15, 0.2) is 0 Å². The van der Waals surface area contributed by atoms with Crippen LogP contribution in [0.2, 0.25) is 5.02 Å². The summed E-state index contributed by atoms with van der Waals surface area (Å²) in [6, 6.07) is 5.54. The fourth-order valence-electron chi connectivity index (χ4n) is 1.81. The minimum Gasteiger partial charge on any atom is -0.348 e. The summed E-state index contributed by atoms with van der Waals surface area (Å²) in [6.45, 7) is 0. The van der Waals surface area contributed by atoms with Crippen LogP contribution in [0.15, 0.2) is 22.7 Å². The third-order valence-corrected chi connectivity index (χ3v) is 4.51. The molecule has 1 heterocycles. The minimum absolute atomic E-state index is 0.0410. The third kappa shape index (κ3) is 3.90. The van der Waals surface area contributed by atoms with Gasteiger partial charge in [-0.15, -0.1) is 0 Å². The van der Waals surface area contributed by atoms with Crippen molar-refractivity contribution in [3.63, 3.8) is 0 Å². The van der Waals surface area contributed by atoms with Crippen molar-refractivity contribution in [3.8, 4) is 0 Å². The summed E-state index contributed by atoms with van der Waals surface area (Å²) in [5, 5.41) is 3.62. The van der Waals surface area contributed by atoms with Crippen LogP contribution in [0.4, 0.5) is 0 Å². The van der Waals surface area contributed by atoms with Gasteiger partial charge in [0.2, 0.25) is 0 Å². The van der Waals surface area contributed by atoms with Gasteiger partial charge in [-0.25, -0.2) is 0 Å². The van der Waals surface area contributed by atoms with Gasteiger partial charge in [-0.1, -0.05) is 27.5 Å². The number of benzene rings is 1. The second kappa shape index (κ2) is 6.12. The minimum atomic E-state index is -0.0410. The van der Waals surface area contributed by atoms with Gasteiger partial charge in [0.1, 0.15) is 0 Å². The predicted octanol–water partition coefficient (Wildman–Crippen LogP) is 3.73. The second-order valence-corrected chi connectivity index (χ2v) is 6.55. The molecule has 0 aromatic heterocycles. The molecule has 1 N–H and O–H groups in total. The van der Waals surface area contributed by atoms with Crippen molar-refractivity contribution >= 4 is 45.2 Å². The Morgan fingerprint density at radius 3 is 2.94 bits per heavy atom. The van der Waals surface area contributed by atoms with Gasteiger partial charge >= 0.3 is 0 Å². The molecule has 17 heavy (non-hydrogen) atoms. The van der Waals surface area contributed by atoms with Gasteiger partial charge in [-0.3, -0.25) is 4.79 Å². The Labute approximate surface area is 119 Å². The van der Waals surface area contributed by atoms with Gasteiger partial charge in [0.05, 0.1) is 0 Å². The summed E-state index contributed by atoms with van der Waals surface area (Å²) in [5.41, 5.74) is 0.611. The van der Waals surface area contributed by atoms with E-state index in [1.54, 1.807) is 18.2 Å². The molecule has 1 aromatic rings. The first kappa shape index (κ1) is 13.2. The molecule has 1 amide bonds. The fraction of sp³-hybridized carbons (Fsp3) is 0.417. The van der Waals surface area contributed by atoms with Crippen molar-refractivity contribution in [2.45, 2.75) is 18.9 Å². The standard InChI is InChI=1S/C12H13BrClNOS/c13-9-4-8(5-10(14)6-9)12(16)15-11-2-1-3-17-7-11/h4-6,11H,1-3,7H2,(H,15,16). The predicted molar refractivity (Wildman–Crippen MR) is 77.0 cm³/mol. The lowest BCUT2D eigenvalue weighted by atomic mass is 10.1. The van der Waals surface area contributed by atoms with Crippen LogP contribution in [0.25, 0.3) is 0 Å². The second-order valence-electron chi connectivity index (χ2n) is 4.05. The van der Waals surface area contributed by atoms with E-state index in [4.69, 9.17) is 11.6 Å². The molecular weight excluding hydrogens is 322 g/mol. The molecule has 0 saturated carbocycles. The van der Waals surface area contributed by atoms with Gasteiger partial charge < -0.3 is 5.32 Å². The lowest BCUT2D eigenvalue weighted by Gasteiger charge is -2.22. The number of halogens is 2. The average molecular weight is 335 g/mol. The topological polar surface area (TPSA) is 29.1 Å². The molecule has 1 atom stereocenters. The summed E-state index contributed by atoms with van der Waals surface area (Å²) in [7, 11) is 0. The van der Waals surface area contributed by atoms with Gasteiger partial charge in [-0.05, 0) is 36.8 Å². The monoisotopic (exact) mass is 333 g/mol. The number of hydrogen-bond acceptors (Lipinski definition) is 2. The molecule has 1 aliphatic heterocycles. The SMILES string of the molecule is O=C(NC1CCCSC1)c1cc(Cl)cc(Br)c1. The van der Waals surface area contributed by atoms with Gasteiger partial charge in [0.25, 0.3) is 5.91 Å². The average Bonchev–Trinajstić information content (AvgIpc) is 2.29. The Morgan fingerprint density at radius 1 is 1.47 bits per heavy atom. The summed E-state index contributed by atoms with van der Waals surface area (Å²) in [4.78, 5) is 12.0. The van der Waals surface area contributed by atoms with Crippen LogP contribution < -0.4 is 5.32 Å². The molecular formula is C12H13BrClNOS. The van der Waals surface area contributed by atoms with Crippen molar-refractivity contribution in [1.82, 2.24) is 5.32 Å². The molecule has 0 aliphatic carbocycles. The Balaban J connectivity index is 2.03. The van der Waals surface area contributed by atoms with Crippen molar-refractivity contribution in [2.24, 2.45) is 0 Å². The zero-order valence-corrected chi connectivity index (χ0v) is 12.4. The maximum Gasteiger partial charge on any atom is 0.251 e. The Hall–Kier alpha value is -0.190. The molecule has 0 radical (unpaired) electrons. The molecule has 92 valence electrons. The zero-order chi connectivity index (χ0) is 12.3. The van der Waals surface area contributed by atoms with E-state index in [0.29, 0.717) is 16.6 Å². The third-order valence-electron chi connectivity index (χ3n) is 2.62. The van der Waals surface area contributed by atoms with E-state index >= 15 is 0 Å². The quantitative estimate of drug-likeness (QED) is 0.893. The number of carbonyl (C=O) groups excluding carboxylic acids is 1. The van der Waals surface area contributed by atoms with Crippen molar-refractivity contribution in [2.75, 3.05) is 11.5 Å². The van der Waals surface area contributed by atoms with Crippen LogP contribution in [0.5, 0.6) is 0 Å². The molecule has 0 bridgehead atoms. The van der Waals surface area contributed by atoms with E-state index in [1.807, 2.05) is 11.8 Å². The maximum atomic E-state index is 12.0. The highest BCUT2D eigenvalue weighted by Crippen LogP contribution is 2.21. The van der Waals surface area contributed by atoms with Crippen molar-refractivity contribution in [1.29, 1.82) is 0 Å². The lowest BCUT2D eigenvalue weighted by Crippen LogP contribution is -2.38. The number of thioether (sulfide) groups is 1. The summed E-state index contributed by atoms with van der Waals surface area (Å²) >= 11 is 11.2. The fourth-order valence-corrected chi connectivity index (χ4v) is 3.74. The van der Waals surface area contributed by atoms with E-state index < -0.39 is 0 Å². The van der Waals surface area contributed by atoms with E-state index in [0.717, 1.165) is 16.6 Å². The van der Waals surface area contributed by atoms with E-state index in [1.165, 1.54) is 12.2 Å². The van der Waals surface area contributed by atoms with Crippen LogP contribution in [0.1, 0.15) is 23.2 Å². The summed E-state index contributed by atoms with van der Waals surface area (Å²) in [6.07, 6.45) is 2.25. The van der Waals surface area contributed by atoms with Crippen LogP contribution in [0.3, 0.4) is 0 Å². The van der Waals surface area contributed by atoms with Crippen molar-refractivity contribution < 1.29 is 4.79 Å². The van der Waals surface area contributed by atoms with Crippen LogP contribution in [-0.4, -0.2) is 23.5 Å². The largest absolute Gasteiger partial charge is 0.348 e. The number of rotatable bonds is 2. The highest BCUT2D eigenvalue weighted by atomic mass is 79.9. The molecule has 2 rings (SSSR count). The molecule has 1 saturated heterocycles. The Morgan fingerprint density at radius 2 is 2.29 bits per heavy atom. The molecule has 1 aliphatic rings. The Kier molecular flexibility index (Phi) is 4.77. The molecule has 1 fully saturated rings. The first-order chi connectivity index (χ1) is 8.15. The number of nitrogens with one attached hydrogen (secondary N) is 1. The maximum absolute atomic E-state index is 12.0. The molecule has 1 aromatic carbocycles. The van der Waals surface area contributed by atoms with Gasteiger partial charge in [-0.2, -0.15) is 11.8 Å². The highest BCUT2D eigenvalue weighted by molar-refractivity contribution is 9.10. The summed E-state index contributed by atoms with van der Waals surface area (Å²) < 4.78 is 0.827. The molecule has 5 heteroatoms. The number of amides is 1. The van der Waals surface area contributed by atoms with Crippen LogP contribution in [0, 0.1) is 0 Å². The lowest BCUT2D eigenvalue weighted by molar-refractivity contribution is 0.0938. The smallest absolute Gasteiger partial charge is 0.251 e. The number of hydrogen-bond donors (Lipinski definition) is 1. The Bertz CT molecular complexity index is 401. The molecule has 0 spiro atoms. The van der Waals surface area contributed by atoms with Gasteiger partial charge in [0, 0.05) is 26.9 Å². The first-order valence-electron chi connectivity index (χ1n) is 5.50. The van der Waals surface area contributed by atoms with E-state index in [2.05, 4.69) is 21.2 Å². The zero-order valence-electron chi connectivity index (χ0n) is 9.21. The van der Waals surface area contributed by atoms with Crippen LogP contribution >= 0.6 is 39.3 Å². The van der Waals surface area contributed by atoms with Crippen LogP contribution in [-0.2, 0) is 0 Å². The molecule has 1 unspecified atom stereocenters. The van der Waals surface area contributed by atoms with Crippen molar-refractivity contribution in [3.05, 3.63) is 33.3 Å². The van der Waals surface area contributed by atoms with E-state index in [-0.39, 0.29) is 5.91 Å². The molecule has 2 nitrogen and oxygen atoms in total. The highest BCUT2D eigenvalue weighted by Gasteiger charge is 2.17. The van der Waals surface area contributed by atoms with E-state index in [9.17, 15) is 4.79 Å².